The Hall–Kier alpha value is -2.18. The number of nitrogens with zero attached hydrogens (tertiary/aromatic N) is 3. The summed E-state index contributed by atoms with van der Waals surface area (Å²) in [7, 11) is 1.65. The number of fused-ring (bicyclic) bond motifs is 1. The first-order valence-electron chi connectivity index (χ1n) is 7.56. The molecule has 0 N–H and O–H groups in total. The van der Waals surface area contributed by atoms with E-state index < -0.39 is 0 Å². The summed E-state index contributed by atoms with van der Waals surface area (Å²) < 4.78 is 10.6. The molecule has 0 amide bonds. The molecule has 4 rings (SSSR count). The first-order chi connectivity index (χ1) is 11.3. The molecule has 6 heteroatoms. The Bertz CT molecular complexity index is 794. The smallest absolute Gasteiger partial charge is 0.241 e. The number of hydrogen-bond donors (Lipinski definition) is 0. The molecule has 0 spiro atoms. The number of aromatic nitrogens is 2. The fourth-order valence-electron chi connectivity index (χ4n) is 2.81. The van der Waals surface area contributed by atoms with Crippen LogP contribution >= 0.6 is 11.3 Å². The Morgan fingerprint density at radius 1 is 1.26 bits per heavy atom. The topological polar surface area (TPSA) is 51.4 Å². The number of rotatable bonds is 4. The molecule has 0 radical (unpaired) electrons. The van der Waals surface area contributed by atoms with E-state index in [1.54, 1.807) is 7.11 Å². The second-order valence-electron chi connectivity index (χ2n) is 5.57. The van der Waals surface area contributed by atoms with Crippen LogP contribution in [-0.2, 0) is 19.5 Å². The molecule has 0 fully saturated rings. The summed E-state index contributed by atoms with van der Waals surface area (Å²) >= 11 is 1.85. The zero-order chi connectivity index (χ0) is 15.6. The van der Waals surface area contributed by atoms with E-state index in [0.717, 1.165) is 30.8 Å². The molecule has 3 heterocycles. The number of benzene rings is 1. The summed E-state index contributed by atoms with van der Waals surface area (Å²) in [5, 5.41) is 6.26. The van der Waals surface area contributed by atoms with Crippen molar-refractivity contribution in [2.75, 3.05) is 13.7 Å². The Morgan fingerprint density at radius 3 is 2.96 bits per heavy atom. The first-order valence-corrected chi connectivity index (χ1v) is 8.44. The molecule has 1 aliphatic heterocycles. The van der Waals surface area contributed by atoms with Crippen molar-refractivity contribution in [3.63, 3.8) is 0 Å². The molecular weight excluding hydrogens is 310 g/mol. The summed E-state index contributed by atoms with van der Waals surface area (Å²) in [4.78, 5) is 8.37. The number of methoxy groups -OCH3 is 1. The Kier molecular flexibility index (Phi) is 3.85. The second-order valence-corrected chi connectivity index (χ2v) is 6.57. The van der Waals surface area contributed by atoms with Crippen molar-refractivity contribution in [3.05, 3.63) is 52.0 Å². The van der Waals surface area contributed by atoms with Crippen LogP contribution in [0, 0.1) is 0 Å². The molecule has 0 atom stereocenters. The van der Waals surface area contributed by atoms with Crippen LogP contribution in [0.2, 0.25) is 0 Å². The summed E-state index contributed by atoms with van der Waals surface area (Å²) in [6.45, 7) is 2.69. The van der Waals surface area contributed by atoms with Crippen LogP contribution in [0.5, 0.6) is 5.75 Å². The van der Waals surface area contributed by atoms with E-state index in [1.165, 1.54) is 10.4 Å². The van der Waals surface area contributed by atoms with Gasteiger partial charge in [-0.15, -0.1) is 11.3 Å². The van der Waals surface area contributed by atoms with E-state index in [1.807, 2.05) is 35.6 Å². The average Bonchev–Trinajstić information content (AvgIpc) is 3.24. The molecule has 1 aliphatic rings. The summed E-state index contributed by atoms with van der Waals surface area (Å²) in [6.07, 6.45) is 1.10. The Labute approximate surface area is 138 Å². The normalized spacial score (nSPS) is 14.7. The van der Waals surface area contributed by atoms with Crippen molar-refractivity contribution in [3.8, 4) is 17.1 Å². The zero-order valence-corrected chi connectivity index (χ0v) is 13.7. The first kappa shape index (κ1) is 14.4. The lowest BCUT2D eigenvalue weighted by atomic mass is 10.1. The van der Waals surface area contributed by atoms with Gasteiger partial charge in [0.2, 0.25) is 11.7 Å². The Balaban J connectivity index is 1.46. The van der Waals surface area contributed by atoms with Crippen LogP contribution in [0.15, 0.2) is 40.2 Å². The number of ether oxygens (including phenoxy) is 1. The van der Waals surface area contributed by atoms with Crippen LogP contribution in [0.25, 0.3) is 11.4 Å². The maximum atomic E-state index is 5.42. The SMILES string of the molecule is COc1ccc(-c2noc(CN3CCc4sccc4C3)n2)cc1. The van der Waals surface area contributed by atoms with E-state index in [2.05, 4.69) is 26.5 Å². The van der Waals surface area contributed by atoms with Crippen LogP contribution in [0.1, 0.15) is 16.3 Å². The van der Waals surface area contributed by atoms with Gasteiger partial charge < -0.3 is 9.26 Å². The maximum absolute atomic E-state index is 5.42. The molecule has 0 aliphatic carbocycles. The van der Waals surface area contributed by atoms with Gasteiger partial charge in [0, 0.05) is 23.5 Å². The quantitative estimate of drug-likeness (QED) is 0.735. The van der Waals surface area contributed by atoms with Crippen molar-refractivity contribution < 1.29 is 9.26 Å². The van der Waals surface area contributed by atoms with E-state index >= 15 is 0 Å². The summed E-state index contributed by atoms with van der Waals surface area (Å²) in [5.74, 6) is 2.10. The molecule has 5 nitrogen and oxygen atoms in total. The monoisotopic (exact) mass is 327 g/mol. The lowest BCUT2D eigenvalue weighted by molar-refractivity contribution is 0.212. The molecule has 0 saturated carbocycles. The maximum Gasteiger partial charge on any atom is 0.241 e. The number of hydrogen-bond acceptors (Lipinski definition) is 6. The predicted octanol–water partition coefficient (Wildman–Crippen LogP) is 3.37. The van der Waals surface area contributed by atoms with Gasteiger partial charge in [0.15, 0.2) is 0 Å². The highest BCUT2D eigenvalue weighted by Crippen LogP contribution is 2.25. The standard InChI is InChI=1S/C17H17N3O2S/c1-21-14-4-2-12(3-5-14)17-18-16(22-19-17)11-20-8-6-15-13(10-20)7-9-23-15/h2-5,7,9H,6,8,10-11H2,1H3. The van der Waals surface area contributed by atoms with Crippen molar-refractivity contribution in [1.29, 1.82) is 0 Å². The minimum absolute atomic E-state index is 0.621. The molecule has 1 aromatic carbocycles. The Morgan fingerprint density at radius 2 is 2.13 bits per heavy atom. The molecule has 0 saturated heterocycles. The van der Waals surface area contributed by atoms with Gasteiger partial charge in [-0.05, 0) is 47.7 Å². The molecule has 23 heavy (non-hydrogen) atoms. The van der Waals surface area contributed by atoms with E-state index in [4.69, 9.17) is 9.26 Å². The summed E-state index contributed by atoms with van der Waals surface area (Å²) in [5.41, 5.74) is 2.36. The van der Waals surface area contributed by atoms with Crippen molar-refractivity contribution >= 4 is 11.3 Å². The molecular formula is C17H17N3O2S. The van der Waals surface area contributed by atoms with Gasteiger partial charge >= 0.3 is 0 Å². The van der Waals surface area contributed by atoms with Crippen LogP contribution < -0.4 is 4.74 Å². The molecule has 0 unspecified atom stereocenters. The zero-order valence-electron chi connectivity index (χ0n) is 12.9. The fraction of sp³-hybridized carbons (Fsp3) is 0.294. The third kappa shape index (κ3) is 3.00. The largest absolute Gasteiger partial charge is 0.497 e. The predicted molar refractivity (Wildman–Crippen MR) is 88.4 cm³/mol. The van der Waals surface area contributed by atoms with Gasteiger partial charge in [0.05, 0.1) is 13.7 Å². The molecule has 3 aromatic rings. The van der Waals surface area contributed by atoms with Crippen molar-refractivity contribution in [2.45, 2.75) is 19.5 Å². The minimum Gasteiger partial charge on any atom is -0.497 e. The highest BCUT2D eigenvalue weighted by atomic mass is 32.1. The highest BCUT2D eigenvalue weighted by Gasteiger charge is 2.19. The van der Waals surface area contributed by atoms with Crippen molar-refractivity contribution in [2.24, 2.45) is 0 Å². The molecule has 118 valence electrons. The lowest BCUT2D eigenvalue weighted by Gasteiger charge is -2.24. The van der Waals surface area contributed by atoms with Gasteiger partial charge in [-0.2, -0.15) is 4.98 Å². The van der Waals surface area contributed by atoms with E-state index in [-0.39, 0.29) is 0 Å². The minimum atomic E-state index is 0.621. The third-order valence-electron chi connectivity index (χ3n) is 4.06. The lowest BCUT2D eigenvalue weighted by Crippen LogP contribution is -2.29. The van der Waals surface area contributed by atoms with Gasteiger partial charge in [0.1, 0.15) is 5.75 Å². The van der Waals surface area contributed by atoms with Gasteiger partial charge in [0.25, 0.3) is 0 Å². The highest BCUT2D eigenvalue weighted by molar-refractivity contribution is 7.10. The fourth-order valence-corrected chi connectivity index (χ4v) is 3.70. The van der Waals surface area contributed by atoms with Crippen LogP contribution in [0.3, 0.4) is 0 Å². The second kappa shape index (κ2) is 6.14. The van der Waals surface area contributed by atoms with Gasteiger partial charge in [-0.3, -0.25) is 4.90 Å². The molecule has 0 bridgehead atoms. The van der Waals surface area contributed by atoms with E-state index in [9.17, 15) is 0 Å². The van der Waals surface area contributed by atoms with Gasteiger partial charge in [-0.1, -0.05) is 5.16 Å². The van der Waals surface area contributed by atoms with Gasteiger partial charge in [-0.25, -0.2) is 0 Å². The van der Waals surface area contributed by atoms with Crippen molar-refractivity contribution in [1.82, 2.24) is 15.0 Å². The van der Waals surface area contributed by atoms with E-state index in [0.29, 0.717) is 18.3 Å². The average molecular weight is 327 g/mol. The third-order valence-corrected chi connectivity index (χ3v) is 5.08. The van der Waals surface area contributed by atoms with Crippen LogP contribution in [-0.4, -0.2) is 28.7 Å². The van der Waals surface area contributed by atoms with Crippen LogP contribution in [0.4, 0.5) is 0 Å². The molecule has 2 aromatic heterocycles. The summed E-state index contributed by atoms with van der Waals surface area (Å²) in [6, 6.07) is 9.88. The number of thiophene rings is 1.